The molecule has 1 aromatic rings. The normalized spacial score (nSPS) is 8.88. The first kappa shape index (κ1) is 23.5. The van der Waals surface area contributed by atoms with Crippen LogP contribution in [-0.4, -0.2) is 5.97 Å². The number of nitriles is 1. The molecule has 0 bridgehead atoms. The highest BCUT2D eigenvalue weighted by molar-refractivity contribution is 5.74. The number of halogens is 2. The maximum atomic E-state index is 13.2. The molecule has 3 nitrogen and oxygen atoms in total. The fraction of sp³-hybridized carbons (Fsp3) is 0.263. The number of carbonyl (C=O) groups is 1. The molecule has 0 atom stereocenters. The summed E-state index contributed by atoms with van der Waals surface area (Å²) < 4.78 is 31.2. The van der Waals surface area contributed by atoms with Crippen molar-refractivity contribution in [3.8, 4) is 11.8 Å². The monoisotopic (exact) mass is 335 g/mol. The van der Waals surface area contributed by atoms with Gasteiger partial charge in [0.2, 0.25) is 0 Å². The Balaban J connectivity index is 0. The minimum absolute atomic E-state index is 0.0455. The van der Waals surface area contributed by atoms with Crippen LogP contribution >= 0.6 is 0 Å². The Morgan fingerprint density at radius 3 is 2.17 bits per heavy atom. The quantitative estimate of drug-likeness (QED) is 0.317. The highest BCUT2D eigenvalue weighted by Gasteiger charge is 2.13. The van der Waals surface area contributed by atoms with Crippen molar-refractivity contribution in [1.82, 2.24) is 0 Å². The van der Waals surface area contributed by atoms with Gasteiger partial charge in [-0.3, -0.25) is 4.79 Å². The maximum absolute atomic E-state index is 13.2. The number of benzene rings is 1. The van der Waals surface area contributed by atoms with Crippen molar-refractivity contribution in [2.45, 2.75) is 34.1 Å². The van der Waals surface area contributed by atoms with Gasteiger partial charge in [-0.05, 0) is 13.8 Å². The molecule has 0 aliphatic heterocycles. The fourth-order valence-electron chi connectivity index (χ4n) is 1.25. The molecule has 1 rings (SSSR count). The molecular weight excluding hydrogens is 312 g/mol. The fourth-order valence-corrected chi connectivity index (χ4v) is 1.25. The predicted octanol–water partition coefficient (Wildman–Crippen LogP) is 5.48. The lowest BCUT2D eigenvalue weighted by atomic mass is 10.2. The van der Waals surface area contributed by atoms with Crippen molar-refractivity contribution in [3.63, 3.8) is 0 Å². The van der Waals surface area contributed by atoms with E-state index in [0.717, 1.165) is 17.7 Å². The third-order valence-corrected chi connectivity index (χ3v) is 2.05. The molecule has 0 heterocycles. The molecule has 0 aliphatic carbocycles. The largest absolute Gasteiger partial charge is 0.426 e. The Morgan fingerprint density at radius 2 is 1.79 bits per heavy atom. The zero-order valence-electron chi connectivity index (χ0n) is 14.5. The van der Waals surface area contributed by atoms with Gasteiger partial charge < -0.3 is 4.74 Å². The molecule has 0 aliphatic rings. The number of ether oxygens (including phenoxy) is 1. The van der Waals surface area contributed by atoms with Crippen LogP contribution in [0.25, 0.3) is 0 Å². The topological polar surface area (TPSA) is 50.1 Å². The van der Waals surface area contributed by atoms with Crippen LogP contribution < -0.4 is 4.74 Å². The molecule has 0 N–H and O–H groups in total. The van der Waals surface area contributed by atoms with Crippen LogP contribution in [-0.2, 0) is 4.79 Å². The third-order valence-electron chi connectivity index (χ3n) is 2.05. The van der Waals surface area contributed by atoms with Gasteiger partial charge in [0.15, 0.2) is 0 Å². The summed E-state index contributed by atoms with van der Waals surface area (Å²) in [6, 6.07) is 2.97. The summed E-state index contributed by atoms with van der Waals surface area (Å²) in [7, 11) is 0. The van der Waals surface area contributed by atoms with Crippen molar-refractivity contribution in [3.05, 3.63) is 66.3 Å². The van der Waals surface area contributed by atoms with E-state index in [1.807, 2.05) is 20.8 Å². The van der Waals surface area contributed by atoms with E-state index in [-0.39, 0.29) is 12.2 Å². The molecular formula is C19H23F2NO2. The number of esters is 1. The second-order valence-electron chi connectivity index (χ2n) is 4.21. The lowest BCUT2D eigenvalue weighted by Gasteiger charge is -2.04. The predicted molar refractivity (Wildman–Crippen MR) is 92.5 cm³/mol. The van der Waals surface area contributed by atoms with Gasteiger partial charge in [-0.1, -0.05) is 44.2 Å². The summed E-state index contributed by atoms with van der Waals surface area (Å²) in [6.45, 7) is 14.6. The van der Waals surface area contributed by atoms with Gasteiger partial charge in [-0.25, -0.2) is 8.78 Å². The summed E-state index contributed by atoms with van der Waals surface area (Å²) in [6.07, 6.45) is 4.86. The number of allylic oxidation sites excluding steroid dienone is 3. The Kier molecular flexibility index (Phi) is 13.6. The minimum Gasteiger partial charge on any atom is -0.426 e. The molecule has 5 heteroatoms. The van der Waals surface area contributed by atoms with E-state index in [0.29, 0.717) is 0 Å². The SMILES string of the molecule is C=C(C)/C=C\CC(=O)Oc1cc(F)c(C#N)c(F)c1.C=CC.CC. The Morgan fingerprint density at radius 1 is 1.33 bits per heavy atom. The molecule has 24 heavy (non-hydrogen) atoms. The maximum Gasteiger partial charge on any atom is 0.315 e. The molecule has 0 spiro atoms. The first-order chi connectivity index (χ1) is 11.3. The zero-order chi connectivity index (χ0) is 19.1. The van der Waals surface area contributed by atoms with Crippen LogP contribution in [0.15, 0.2) is 49.1 Å². The Hall–Kier alpha value is -2.74. The highest BCUT2D eigenvalue weighted by Crippen LogP contribution is 2.20. The van der Waals surface area contributed by atoms with E-state index >= 15 is 0 Å². The Labute approximate surface area is 142 Å². The molecule has 0 unspecified atom stereocenters. The number of rotatable bonds is 4. The standard InChI is InChI=1S/C14H11F2NO2.C3H6.C2H6/c1-9(2)4-3-5-14(18)19-10-6-12(15)11(8-17)13(16)7-10;1-3-2;1-2/h3-4,6-7H,1,5H2,2H3;3H,1H2,2H3;1-2H3/b4-3-;;. The van der Waals surface area contributed by atoms with Crippen LogP contribution in [0.4, 0.5) is 8.78 Å². The van der Waals surface area contributed by atoms with Crippen LogP contribution in [0.1, 0.15) is 39.7 Å². The molecule has 0 aromatic heterocycles. The van der Waals surface area contributed by atoms with E-state index in [4.69, 9.17) is 10.00 Å². The van der Waals surface area contributed by atoms with E-state index in [1.165, 1.54) is 12.1 Å². The smallest absolute Gasteiger partial charge is 0.315 e. The average Bonchev–Trinajstić information content (AvgIpc) is 2.49. The number of hydrogen-bond donors (Lipinski definition) is 0. The van der Waals surface area contributed by atoms with Gasteiger partial charge in [0.1, 0.15) is 29.0 Å². The summed E-state index contributed by atoms with van der Waals surface area (Å²) >= 11 is 0. The third kappa shape index (κ3) is 10.1. The molecule has 0 fully saturated rings. The van der Waals surface area contributed by atoms with Gasteiger partial charge >= 0.3 is 5.97 Å². The number of nitrogens with zero attached hydrogens (tertiary/aromatic N) is 1. The van der Waals surface area contributed by atoms with Crippen LogP contribution in [0, 0.1) is 23.0 Å². The van der Waals surface area contributed by atoms with Gasteiger partial charge in [0.25, 0.3) is 0 Å². The Bertz CT molecular complexity index is 606. The van der Waals surface area contributed by atoms with Crippen molar-refractivity contribution in [2.75, 3.05) is 0 Å². The highest BCUT2D eigenvalue weighted by atomic mass is 19.1. The zero-order valence-corrected chi connectivity index (χ0v) is 14.5. The van der Waals surface area contributed by atoms with Crippen molar-refractivity contribution in [1.29, 1.82) is 5.26 Å². The van der Waals surface area contributed by atoms with E-state index < -0.39 is 23.2 Å². The summed E-state index contributed by atoms with van der Waals surface area (Å²) in [5, 5.41) is 8.49. The van der Waals surface area contributed by atoms with Gasteiger partial charge in [-0.15, -0.1) is 6.58 Å². The molecule has 0 radical (unpaired) electrons. The molecule has 0 saturated heterocycles. The second kappa shape index (κ2) is 13.9. The van der Waals surface area contributed by atoms with Crippen LogP contribution in [0.3, 0.4) is 0 Å². The van der Waals surface area contributed by atoms with Crippen molar-refractivity contribution < 1.29 is 18.3 Å². The summed E-state index contributed by atoms with van der Waals surface area (Å²) in [4.78, 5) is 11.4. The summed E-state index contributed by atoms with van der Waals surface area (Å²) in [5.74, 6) is -3.07. The van der Waals surface area contributed by atoms with E-state index in [2.05, 4.69) is 13.2 Å². The van der Waals surface area contributed by atoms with Crippen LogP contribution in [0.5, 0.6) is 5.75 Å². The molecule has 130 valence electrons. The second-order valence-corrected chi connectivity index (χ2v) is 4.21. The van der Waals surface area contributed by atoms with Gasteiger partial charge in [-0.2, -0.15) is 5.26 Å². The van der Waals surface area contributed by atoms with Gasteiger partial charge in [0.05, 0.1) is 6.42 Å². The van der Waals surface area contributed by atoms with Crippen molar-refractivity contribution in [2.24, 2.45) is 0 Å². The lowest BCUT2D eigenvalue weighted by Crippen LogP contribution is -2.07. The number of carbonyl (C=O) groups excluding carboxylic acids is 1. The van der Waals surface area contributed by atoms with Gasteiger partial charge in [0, 0.05) is 12.1 Å². The average molecular weight is 335 g/mol. The van der Waals surface area contributed by atoms with Crippen molar-refractivity contribution >= 4 is 5.97 Å². The molecule has 0 amide bonds. The molecule has 0 saturated carbocycles. The molecule has 1 aromatic carbocycles. The summed E-state index contributed by atoms with van der Waals surface area (Å²) in [5.41, 5.74) is 0.0604. The first-order valence-electron chi connectivity index (χ1n) is 7.34. The van der Waals surface area contributed by atoms with E-state index in [1.54, 1.807) is 19.1 Å². The first-order valence-corrected chi connectivity index (χ1v) is 7.34. The lowest BCUT2D eigenvalue weighted by molar-refractivity contribution is -0.133. The van der Waals surface area contributed by atoms with E-state index in [9.17, 15) is 13.6 Å². The minimum atomic E-state index is -1.07. The van der Waals surface area contributed by atoms with Crippen LogP contribution in [0.2, 0.25) is 0 Å². The number of hydrogen-bond acceptors (Lipinski definition) is 3.